The lowest BCUT2D eigenvalue weighted by Crippen LogP contribution is -2.19. The fraction of sp³-hybridized carbons (Fsp3) is 0.600. The molecule has 1 aliphatic rings. The van der Waals surface area contributed by atoms with Gasteiger partial charge in [-0.1, -0.05) is 36.8 Å². The van der Waals surface area contributed by atoms with Gasteiger partial charge in [-0.2, -0.15) is 0 Å². The van der Waals surface area contributed by atoms with Gasteiger partial charge in [-0.05, 0) is 11.8 Å². The van der Waals surface area contributed by atoms with Crippen molar-refractivity contribution in [2.75, 3.05) is 18.0 Å². The van der Waals surface area contributed by atoms with Crippen molar-refractivity contribution in [2.24, 2.45) is 11.8 Å². The van der Waals surface area contributed by atoms with Gasteiger partial charge in [-0.3, -0.25) is 4.79 Å². The summed E-state index contributed by atoms with van der Waals surface area (Å²) in [5.74, 6) is 1.35. The lowest BCUT2D eigenvalue weighted by Gasteiger charge is -2.13. The number of halogens is 1. The van der Waals surface area contributed by atoms with Crippen molar-refractivity contribution in [3.8, 4) is 0 Å². The molecule has 2 heterocycles. The Balaban J connectivity index is 2.20. The molecule has 0 saturated carbocycles. The van der Waals surface area contributed by atoms with Gasteiger partial charge in [0.05, 0.1) is 0 Å². The van der Waals surface area contributed by atoms with Crippen LogP contribution in [0.1, 0.15) is 23.5 Å². The molecule has 0 bridgehead atoms. The number of nitrogens with zero attached hydrogens (tertiary/aromatic N) is 2. The molecule has 0 spiro atoms. The summed E-state index contributed by atoms with van der Waals surface area (Å²) in [6.45, 7) is 6.48. The number of anilines is 1. The van der Waals surface area contributed by atoms with E-state index in [0.29, 0.717) is 21.9 Å². The maximum atomic E-state index is 10.7. The first-order chi connectivity index (χ1) is 7.11. The minimum absolute atomic E-state index is 0.331. The van der Waals surface area contributed by atoms with Gasteiger partial charge in [-0.25, -0.2) is 4.98 Å². The lowest BCUT2D eigenvalue weighted by molar-refractivity contribution is 0.112. The predicted molar refractivity (Wildman–Crippen MR) is 63.1 cm³/mol. The molecule has 1 aromatic heterocycles. The second-order valence-corrected chi connectivity index (χ2v) is 5.50. The Hall–Kier alpha value is -0.610. The van der Waals surface area contributed by atoms with Crippen LogP contribution in [0, 0.1) is 11.8 Å². The van der Waals surface area contributed by atoms with E-state index in [0.717, 1.165) is 24.5 Å². The van der Waals surface area contributed by atoms with Crippen LogP contribution in [0.4, 0.5) is 5.13 Å². The average molecular weight is 245 g/mol. The van der Waals surface area contributed by atoms with Crippen LogP contribution < -0.4 is 4.90 Å². The van der Waals surface area contributed by atoms with Crippen LogP contribution in [0.2, 0.25) is 5.15 Å². The first-order valence-electron chi connectivity index (χ1n) is 4.98. The van der Waals surface area contributed by atoms with Crippen LogP contribution >= 0.6 is 22.9 Å². The molecule has 1 saturated heterocycles. The maximum Gasteiger partial charge on any atom is 0.187 e. The highest BCUT2D eigenvalue weighted by molar-refractivity contribution is 7.17. The first kappa shape index (κ1) is 10.9. The van der Waals surface area contributed by atoms with Gasteiger partial charge in [0.25, 0.3) is 0 Å². The summed E-state index contributed by atoms with van der Waals surface area (Å²) in [7, 11) is 0. The monoisotopic (exact) mass is 244 g/mol. The van der Waals surface area contributed by atoms with Crippen molar-refractivity contribution in [3.63, 3.8) is 0 Å². The van der Waals surface area contributed by atoms with Crippen LogP contribution in [0.25, 0.3) is 0 Å². The highest BCUT2D eigenvalue weighted by Crippen LogP contribution is 2.33. The highest BCUT2D eigenvalue weighted by Gasteiger charge is 2.28. The molecule has 1 fully saturated rings. The molecule has 2 unspecified atom stereocenters. The zero-order chi connectivity index (χ0) is 11.0. The third kappa shape index (κ3) is 2.01. The number of aldehydes is 1. The van der Waals surface area contributed by atoms with E-state index < -0.39 is 0 Å². The molecule has 1 aliphatic heterocycles. The Morgan fingerprint density at radius 3 is 2.53 bits per heavy atom. The fourth-order valence-corrected chi connectivity index (χ4v) is 2.88. The van der Waals surface area contributed by atoms with E-state index in [1.807, 2.05) is 0 Å². The number of aromatic nitrogens is 1. The summed E-state index contributed by atoms with van der Waals surface area (Å²) >= 11 is 7.21. The molecular formula is C10H13ClN2OS. The summed E-state index contributed by atoms with van der Waals surface area (Å²) in [6.07, 6.45) is 0.770. The molecule has 0 radical (unpaired) electrons. The van der Waals surface area contributed by atoms with Gasteiger partial charge < -0.3 is 4.90 Å². The van der Waals surface area contributed by atoms with Crippen molar-refractivity contribution in [3.05, 3.63) is 10.0 Å². The third-order valence-corrected chi connectivity index (χ3v) is 4.41. The van der Waals surface area contributed by atoms with Crippen LogP contribution in [0.15, 0.2) is 0 Å². The van der Waals surface area contributed by atoms with E-state index in [2.05, 4.69) is 23.7 Å². The van der Waals surface area contributed by atoms with Gasteiger partial charge in [0.2, 0.25) is 0 Å². The summed E-state index contributed by atoms with van der Waals surface area (Å²) in [6, 6.07) is 0. The van der Waals surface area contributed by atoms with E-state index >= 15 is 0 Å². The van der Waals surface area contributed by atoms with E-state index in [4.69, 9.17) is 11.6 Å². The van der Waals surface area contributed by atoms with E-state index in [1.54, 1.807) is 0 Å². The van der Waals surface area contributed by atoms with Crippen molar-refractivity contribution in [1.82, 2.24) is 4.98 Å². The smallest absolute Gasteiger partial charge is 0.187 e. The molecule has 5 heteroatoms. The summed E-state index contributed by atoms with van der Waals surface area (Å²) < 4.78 is 0. The van der Waals surface area contributed by atoms with Crippen LogP contribution in [0.3, 0.4) is 0 Å². The second kappa shape index (κ2) is 4.10. The molecule has 1 aromatic rings. The summed E-state index contributed by atoms with van der Waals surface area (Å²) in [5, 5.41) is 1.20. The minimum atomic E-state index is 0.331. The molecule has 15 heavy (non-hydrogen) atoms. The molecular weight excluding hydrogens is 232 g/mol. The summed E-state index contributed by atoms with van der Waals surface area (Å²) in [4.78, 5) is 17.6. The Kier molecular flexibility index (Phi) is 2.98. The Morgan fingerprint density at radius 1 is 1.47 bits per heavy atom. The highest BCUT2D eigenvalue weighted by atomic mass is 35.5. The topological polar surface area (TPSA) is 33.2 Å². The van der Waals surface area contributed by atoms with Gasteiger partial charge in [0.15, 0.2) is 16.6 Å². The zero-order valence-electron chi connectivity index (χ0n) is 8.74. The molecule has 82 valence electrons. The Morgan fingerprint density at radius 2 is 2.07 bits per heavy atom. The van der Waals surface area contributed by atoms with Crippen molar-refractivity contribution >= 4 is 34.4 Å². The second-order valence-electron chi connectivity index (χ2n) is 4.13. The zero-order valence-corrected chi connectivity index (χ0v) is 10.3. The molecule has 3 nitrogen and oxygen atoms in total. The van der Waals surface area contributed by atoms with Crippen molar-refractivity contribution in [2.45, 2.75) is 13.8 Å². The summed E-state index contributed by atoms with van der Waals surface area (Å²) in [5.41, 5.74) is 0. The van der Waals surface area contributed by atoms with E-state index in [-0.39, 0.29) is 0 Å². The average Bonchev–Trinajstić information content (AvgIpc) is 2.71. The number of thiazole rings is 1. The number of carbonyl (C=O) groups excluding carboxylic acids is 1. The Labute approximate surface area is 98.1 Å². The van der Waals surface area contributed by atoms with E-state index in [9.17, 15) is 4.79 Å². The number of carbonyl (C=O) groups is 1. The molecule has 0 aromatic carbocycles. The SMILES string of the molecule is CC1CN(c2nc(Cl)c(C=O)s2)CC1C. The largest absolute Gasteiger partial charge is 0.347 e. The van der Waals surface area contributed by atoms with Crippen LogP contribution in [-0.2, 0) is 0 Å². The first-order valence-corrected chi connectivity index (χ1v) is 6.17. The minimum Gasteiger partial charge on any atom is -0.347 e. The fourth-order valence-electron chi connectivity index (χ4n) is 1.80. The molecule has 0 amide bonds. The number of rotatable bonds is 2. The van der Waals surface area contributed by atoms with E-state index in [1.165, 1.54) is 11.3 Å². The van der Waals surface area contributed by atoms with Gasteiger partial charge in [0.1, 0.15) is 4.88 Å². The van der Waals surface area contributed by atoms with Gasteiger partial charge >= 0.3 is 0 Å². The molecule has 2 rings (SSSR count). The van der Waals surface area contributed by atoms with Gasteiger partial charge in [0, 0.05) is 13.1 Å². The Bertz CT molecular complexity index is 369. The third-order valence-electron chi connectivity index (χ3n) is 2.96. The van der Waals surface area contributed by atoms with Crippen molar-refractivity contribution in [1.29, 1.82) is 0 Å². The van der Waals surface area contributed by atoms with Gasteiger partial charge in [-0.15, -0.1) is 0 Å². The van der Waals surface area contributed by atoms with Crippen molar-refractivity contribution < 1.29 is 4.79 Å². The number of hydrogen-bond acceptors (Lipinski definition) is 4. The molecule has 0 aliphatic carbocycles. The quantitative estimate of drug-likeness (QED) is 0.750. The molecule has 2 atom stereocenters. The number of hydrogen-bond donors (Lipinski definition) is 0. The normalized spacial score (nSPS) is 25.9. The maximum absolute atomic E-state index is 10.7. The predicted octanol–water partition coefficient (Wildman–Crippen LogP) is 2.70. The molecule has 0 N–H and O–H groups in total. The van der Waals surface area contributed by atoms with Crippen LogP contribution in [0.5, 0.6) is 0 Å². The van der Waals surface area contributed by atoms with Crippen LogP contribution in [-0.4, -0.2) is 24.4 Å². The standard InChI is InChI=1S/C10H13ClN2OS/c1-6-3-13(4-7(6)2)10-12-9(11)8(5-14)15-10/h5-7H,3-4H2,1-2H3. The lowest BCUT2D eigenvalue weighted by atomic mass is 10.0.